The highest BCUT2D eigenvalue weighted by Gasteiger charge is 2.10. The molecule has 0 aliphatic rings. The van der Waals surface area contributed by atoms with E-state index in [1.807, 2.05) is 37.4 Å². The first-order valence-corrected chi connectivity index (χ1v) is 6.65. The lowest BCUT2D eigenvalue weighted by Gasteiger charge is -2.10. The van der Waals surface area contributed by atoms with Crippen LogP contribution in [0.15, 0.2) is 41.4 Å². The zero-order chi connectivity index (χ0) is 13.0. The summed E-state index contributed by atoms with van der Waals surface area (Å²) < 4.78 is 5.78. The van der Waals surface area contributed by atoms with E-state index in [1.165, 1.54) is 11.8 Å². The van der Waals surface area contributed by atoms with E-state index in [0.29, 0.717) is 17.1 Å². The third kappa shape index (κ3) is 2.47. The van der Waals surface area contributed by atoms with Gasteiger partial charge in [0.2, 0.25) is 0 Å². The topological polar surface area (TPSA) is 45.9 Å². The van der Waals surface area contributed by atoms with Crippen molar-refractivity contribution in [1.82, 2.24) is 4.98 Å². The van der Waals surface area contributed by atoms with Crippen LogP contribution in [-0.4, -0.2) is 11.2 Å². The van der Waals surface area contributed by atoms with E-state index in [1.54, 1.807) is 12.3 Å². The largest absolute Gasteiger partial charge is 0.454 e. The van der Waals surface area contributed by atoms with Crippen LogP contribution in [0.25, 0.3) is 0 Å². The van der Waals surface area contributed by atoms with Crippen molar-refractivity contribution in [3.05, 3.63) is 47.8 Å². The summed E-state index contributed by atoms with van der Waals surface area (Å²) in [5, 5.41) is 9.22. The molecule has 0 fully saturated rings. The highest BCUT2D eigenvalue weighted by atomic mass is 32.2. The van der Waals surface area contributed by atoms with Gasteiger partial charge in [-0.1, -0.05) is 6.07 Å². The SMILES string of the molecule is CSc1cccc(Oc2cccnc2C)c1C#N. The fourth-order valence-electron chi connectivity index (χ4n) is 1.57. The van der Waals surface area contributed by atoms with Gasteiger partial charge in [-0.2, -0.15) is 5.26 Å². The number of thioether (sulfide) groups is 1. The van der Waals surface area contributed by atoms with E-state index in [9.17, 15) is 5.26 Å². The fourth-order valence-corrected chi connectivity index (χ4v) is 2.14. The Balaban J connectivity index is 2.42. The lowest BCUT2D eigenvalue weighted by atomic mass is 10.2. The number of pyridine rings is 1. The second kappa shape index (κ2) is 5.56. The van der Waals surface area contributed by atoms with Crippen LogP contribution >= 0.6 is 11.8 Å². The first-order chi connectivity index (χ1) is 8.76. The van der Waals surface area contributed by atoms with Crippen molar-refractivity contribution < 1.29 is 4.74 Å². The average molecular weight is 256 g/mol. The second-order valence-electron chi connectivity index (χ2n) is 3.63. The molecule has 0 saturated carbocycles. The maximum Gasteiger partial charge on any atom is 0.148 e. The molecule has 2 rings (SSSR count). The van der Waals surface area contributed by atoms with Crippen LogP contribution < -0.4 is 4.74 Å². The molecule has 90 valence electrons. The molecule has 0 aliphatic heterocycles. The Morgan fingerprint density at radius 2 is 2.00 bits per heavy atom. The molecule has 0 amide bonds. The number of benzene rings is 1. The van der Waals surface area contributed by atoms with Gasteiger partial charge in [0.05, 0.1) is 5.69 Å². The molecule has 1 aromatic carbocycles. The van der Waals surface area contributed by atoms with Crippen molar-refractivity contribution in [2.24, 2.45) is 0 Å². The third-order valence-corrected chi connectivity index (χ3v) is 3.28. The van der Waals surface area contributed by atoms with E-state index in [0.717, 1.165) is 10.6 Å². The van der Waals surface area contributed by atoms with E-state index in [4.69, 9.17) is 4.74 Å². The van der Waals surface area contributed by atoms with E-state index >= 15 is 0 Å². The van der Waals surface area contributed by atoms with Gasteiger partial charge >= 0.3 is 0 Å². The van der Waals surface area contributed by atoms with Crippen LogP contribution in [0, 0.1) is 18.3 Å². The van der Waals surface area contributed by atoms with E-state index in [2.05, 4.69) is 11.1 Å². The van der Waals surface area contributed by atoms with Gasteiger partial charge in [0.15, 0.2) is 0 Å². The number of hydrogen-bond donors (Lipinski definition) is 0. The first kappa shape index (κ1) is 12.5. The van der Waals surface area contributed by atoms with Crippen molar-refractivity contribution in [2.45, 2.75) is 11.8 Å². The molecular formula is C14H12N2OS. The predicted octanol–water partition coefficient (Wildman–Crippen LogP) is 3.78. The maximum atomic E-state index is 9.22. The molecule has 0 radical (unpaired) electrons. The molecule has 0 bridgehead atoms. The van der Waals surface area contributed by atoms with Gasteiger partial charge in [0.1, 0.15) is 23.1 Å². The first-order valence-electron chi connectivity index (χ1n) is 5.43. The normalized spacial score (nSPS) is 9.83. The van der Waals surface area contributed by atoms with Crippen molar-refractivity contribution >= 4 is 11.8 Å². The average Bonchev–Trinajstić information content (AvgIpc) is 2.41. The summed E-state index contributed by atoms with van der Waals surface area (Å²) in [7, 11) is 0. The van der Waals surface area contributed by atoms with Gasteiger partial charge in [-0.05, 0) is 37.4 Å². The van der Waals surface area contributed by atoms with Crippen molar-refractivity contribution in [3.63, 3.8) is 0 Å². The number of nitrogens with zero attached hydrogens (tertiary/aromatic N) is 2. The van der Waals surface area contributed by atoms with Gasteiger partial charge < -0.3 is 4.74 Å². The number of rotatable bonds is 3. The Kier molecular flexibility index (Phi) is 3.85. The molecule has 3 nitrogen and oxygen atoms in total. The predicted molar refractivity (Wildman–Crippen MR) is 72.0 cm³/mol. The molecule has 0 spiro atoms. The Morgan fingerprint density at radius 3 is 2.67 bits per heavy atom. The standard InChI is InChI=1S/C14H12N2OS/c1-10-12(6-4-8-16-10)17-13-5-3-7-14(18-2)11(13)9-15/h3-8H,1-2H3. The van der Waals surface area contributed by atoms with Crippen molar-refractivity contribution in [3.8, 4) is 17.6 Å². The van der Waals surface area contributed by atoms with Crippen LogP contribution in [0.4, 0.5) is 0 Å². The monoisotopic (exact) mass is 256 g/mol. The molecule has 0 atom stereocenters. The molecule has 0 unspecified atom stereocenters. The number of ether oxygens (including phenoxy) is 1. The molecule has 4 heteroatoms. The lowest BCUT2D eigenvalue weighted by molar-refractivity contribution is 0.473. The lowest BCUT2D eigenvalue weighted by Crippen LogP contribution is -1.93. The number of nitriles is 1. The number of hydrogen-bond acceptors (Lipinski definition) is 4. The summed E-state index contributed by atoms with van der Waals surface area (Å²) in [5.41, 5.74) is 1.36. The zero-order valence-corrected chi connectivity index (χ0v) is 11.0. The van der Waals surface area contributed by atoms with Gasteiger partial charge in [0.25, 0.3) is 0 Å². The Bertz CT molecular complexity index is 605. The molecule has 1 aromatic heterocycles. The van der Waals surface area contributed by atoms with E-state index in [-0.39, 0.29) is 0 Å². The Hall–Kier alpha value is -1.99. The summed E-state index contributed by atoms with van der Waals surface area (Å²) in [6.45, 7) is 1.87. The number of aromatic nitrogens is 1. The quantitative estimate of drug-likeness (QED) is 0.784. The molecule has 1 heterocycles. The summed E-state index contributed by atoms with van der Waals surface area (Å²) in [5.74, 6) is 1.24. The van der Waals surface area contributed by atoms with Crippen LogP contribution in [0.1, 0.15) is 11.3 Å². The van der Waals surface area contributed by atoms with Gasteiger partial charge in [-0.15, -0.1) is 11.8 Å². The summed E-state index contributed by atoms with van der Waals surface area (Å²) >= 11 is 1.53. The van der Waals surface area contributed by atoms with Crippen LogP contribution in [0.2, 0.25) is 0 Å². The minimum atomic E-state index is 0.563. The second-order valence-corrected chi connectivity index (χ2v) is 4.48. The van der Waals surface area contributed by atoms with Crippen LogP contribution in [0.3, 0.4) is 0 Å². The molecule has 2 aromatic rings. The molecule has 18 heavy (non-hydrogen) atoms. The molecule has 0 saturated heterocycles. The van der Waals surface area contributed by atoms with Gasteiger partial charge in [0, 0.05) is 11.1 Å². The molecule has 0 aliphatic carbocycles. The summed E-state index contributed by atoms with van der Waals surface area (Å²) in [4.78, 5) is 5.07. The fraction of sp³-hybridized carbons (Fsp3) is 0.143. The minimum Gasteiger partial charge on any atom is -0.454 e. The number of aryl methyl sites for hydroxylation is 1. The Morgan fingerprint density at radius 1 is 1.22 bits per heavy atom. The van der Waals surface area contributed by atoms with Crippen molar-refractivity contribution in [2.75, 3.05) is 6.26 Å². The van der Waals surface area contributed by atoms with Crippen LogP contribution in [0.5, 0.6) is 11.5 Å². The molecular weight excluding hydrogens is 244 g/mol. The minimum absolute atomic E-state index is 0.563. The molecule has 0 N–H and O–H groups in total. The van der Waals surface area contributed by atoms with E-state index < -0.39 is 0 Å². The smallest absolute Gasteiger partial charge is 0.148 e. The highest BCUT2D eigenvalue weighted by Crippen LogP contribution is 2.31. The van der Waals surface area contributed by atoms with Crippen molar-refractivity contribution in [1.29, 1.82) is 5.26 Å². The zero-order valence-electron chi connectivity index (χ0n) is 10.2. The maximum absolute atomic E-state index is 9.22. The highest BCUT2D eigenvalue weighted by molar-refractivity contribution is 7.98. The summed E-state index contributed by atoms with van der Waals surface area (Å²) in [6.07, 6.45) is 3.65. The van der Waals surface area contributed by atoms with Gasteiger partial charge in [-0.25, -0.2) is 0 Å². The van der Waals surface area contributed by atoms with Gasteiger partial charge in [-0.3, -0.25) is 4.98 Å². The Labute approximate surface area is 110 Å². The third-order valence-electron chi connectivity index (χ3n) is 2.50. The summed E-state index contributed by atoms with van der Waals surface area (Å²) in [6, 6.07) is 11.4. The van der Waals surface area contributed by atoms with Crippen LogP contribution in [-0.2, 0) is 0 Å².